The van der Waals surface area contributed by atoms with Gasteiger partial charge in [-0.25, -0.2) is 4.98 Å². The summed E-state index contributed by atoms with van der Waals surface area (Å²) in [4.78, 5) is 31.0. The van der Waals surface area contributed by atoms with Crippen LogP contribution < -0.4 is 10.1 Å². The van der Waals surface area contributed by atoms with Gasteiger partial charge in [-0.3, -0.25) is 9.59 Å². The number of anilines is 1. The van der Waals surface area contributed by atoms with E-state index in [1.54, 1.807) is 11.0 Å². The highest BCUT2D eigenvalue weighted by molar-refractivity contribution is 6.29. The fourth-order valence-corrected chi connectivity index (χ4v) is 3.77. The van der Waals surface area contributed by atoms with Crippen molar-refractivity contribution in [3.05, 3.63) is 52.8 Å². The molecular weight excluding hydrogens is 378 g/mol. The van der Waals surface area contributed by atoms with Crippen LogP contribution in [0.3, 0.4) is 0 Å². The fourth-order valence-electron chi connectivity index (χ4n) is 3.62. The van der Waals surface area contributed by atoms with E-state index in [4.69, 9.17) is 16.3 Å². The highest BCUT2D eigenvalue weighted by atomic mass is 35.5. The summed E-state index contributed by atoms with van der Waals surface area (Å²) in [6.07, 6.45) is 1.47. The number of aromatic nitrogens is 1. The van der Waals surface area contributed by atoms with Crippen LogP contribution in [0.5, 0.6) is 5.75 Å². The Balaban J connectivity index is 2.00. The first kappa shape index (κ1) is 20.1. The minimum Gasteiger partial charge on any atom is -0.494 e. The number of rotatable bonds is 5. The van der Waals surface area contributed by atoms with Gasteiger partial charge in [0.05, 0.1) is 13.3 Å². The normalized spacial score (nSPS) is 15.1. The van der Waals surface area contributed by atoms with Gasteiger partial charge in [-0.2, -0.15) is 0 Å². The molecule has 0 unspecified atom stereocenters. The molecule has 1 aliphatic heterocycles. The van der Waals surface area contributed by atoms with Crippen molar-refractivity contribution in [2.75, 3.05) is 25.5 Å². The van der Waals surface area contributed by atoms with Gasteiger partial charge in [0.15, 0.2) is 0 Å². The van der Waals surface area contributed by atoms with Crippen LogP contribution in [0.15, 0.2) is 36.5 Å². The second-order valence-corrected chi connectivity index (χ2v) is 7.75. The summed E-state index contributed by atoms with van der Waals surface area (Å²) >= 11 is 5.92. The second-order valence-electron chi connectivity index (χ2n) is 7.36. The minimum atomic E-state index is -0.822. The minimum absolute atomic E-state index is 0.0452. The van der Waals surface area contributed by atoms with Crippen LogP contribution in [0.25, 0.3) is 0 Å². The SMILES string of the molecule is COc1cc(Cl)ncc1NC(=O)C1(c2ccccc2C(C)C)CN(C(C)=O)C1. The molecule has 2 aromatic rings. The monoisotopic (exact) mass is 401 g/mol. The van der Waals surface area contributed by atoms with E-state index in [0.29, 0.717) is 24.5 Å². The predicted molar refractivity (Wildman–Crippen MR) is 109 cm³/mol. The maximum absolute atomic E-state index is 13.4. The van der Waals surface area contributed by atoms with Crippen molar-refractivity contribution < 1.29 is 14.3 Å². The van der Waals surface area contributed by atoms with E-state index in [1.807, 2.05) is 24.3 Å². The molecule has 1 fully saturated rings. The standard InChI is InChI=1S/C21H24ClN3O3/c1-13(2)15-7-5-6-8-16(15)21(11-25(12-21)14(3)26)20(27)24-17-10-23-19(22)9-18(17)28-4/h5-10,13H,11-12H2,1-4H3,(H,24,27). The van der Waals surface area contributed by atoms with Gasteiger partial charge >= 0.3 is 0 Å². The topological polar surface area (TPSA) is 71.5 Å². The van der Waals surface area contributed by atoms with Crippen LogP contribution in [0, 0.1) is 0 Å². The number of hydrogen-bond acceptors (Lipinski definition) is 4. The molecule has 3 rings (SSSR count). The van der Waals surface area contributed by atoms with Gasteiger partial charge in [0.2, 0.25) is 11.8 Å². The molecule has 2 heterocycles. The summed E-state index contributed by atoms with van der Waals surface area (Å²) in [7, 11) is 1.51. The number of carbonyl (C=O) groups excluding carboxylic acids is 2. The van der Waals surface area contributed by atoms with E-state index < -0.39 is 5.41 Å². The third-order valence-electron chi connectivity index (χ3n) is 5.20. The Bertz CT molecular complexity index is 908. The zero-order valence-electron chi connectivity index (χ0n) is 16.5. The lowest BCUT2D eigenvalue weighted by molar-refractivity contribution is -0.142. The number of methoxy groups -OCH3 is 1. The molecule has 0 bridgehead atoms. The molecule has 0 atom stereocenters. The number of hydrogen-bond donors (Lipinski definition) is 1. The van der Waals surface area contributed by atoms with E-state index in [0.717, 1.165) is 11.1 Å². The summed E-state index contributed by atoms with van der Waals surface area (Å²) in [5, 5.41) is 3.21. The molecule has 7 heteroatoms. The van der Waals surface area contributed by atoms with Crippen molar-refractivity contribution in [1.82, 2.24) is 9.88 Å². The smallest absolute Gasteiger partial charge is 0.238 e. The molecule has 28 heavy (non-hydrogen) atoms. The van der Waals surface area contributed by atoms with Crippen LogP contribution in [0.2, 0.25) is 5.15 Å². The van der Waals surface area contributed by atoms with Crippen molar-refractivity contribution in [2.24, 2.45) is 0 Å². The Labute approximate surface area is 169 Å². The fraction of sp³-hybridized carbons (Fsp3) is 0.381. The number of nitrogens with zero attached hydrogens (tertiary/aromatic N) is 2. The molecule has 0 aliphatic carbocycles. The molecule has 1 saturated heterocycles. The summed E-state index contributed by atoms with van der Waals surface area (Å²) in [6.45, 7) is 6.38. The van der Waals surface area contributed by atoms with Crippen LogP contribution in [-0.2, 0) is 15.0 Å². The van der Waals surface area contributed by atoms with Crippen molar-refractivity contribution in [3.8, 4) is 5.75 Å². The van der Waals surface area contributed by atoms with Gasteiger partial charge in [0.25, 0.3) is 0 Å². The van der Waals surface area contributed by atoms with Gasteiger partial charge < -0.3 is 15.0 Å². The molecule has 1 aromatic heterocycles. The summed E-state index contributed by atoms with van der Waals surface area (Å²) in [6, 6.07) is 9.46. The van der Waals surface area contributed by atoms with E-state index in [9.17, 15) is 9.59 Å². The van der Waals surface area contributed by atoms with Gasteiger partial charge in [-0.15, -0.1) is 0 Å². The highest BCUT2D eigenvalue weighted by Crippen LogP contribution is 2.40. The second kappa shape index (κ2) is 7.80. The largest absolute Gasteiger partial charge is 0.494 e. The van der Waals surface area contributed by atoms with Gasteiger partial charge in [0.1, 0.15) is 22.0 Å². The molecule has 1 aliphatic rings. The lowest BCUT2D eigenvalue weighted by Crippen LogP contribution is -2.66. The Hall–Kier alpha value is -2.60. The van der Waals surface area contributed by atoms with Crippen LogP contribution in [0.4, 0.5) is 5.69 Å². The van der Waals surface area contributed by atoms with Crippen molar-refractivity contribution in [2.45, 2.75) is 32.1 Å². The zero-order chi connectivity index (χ0) is 20.5. The third kappa shape index (κ3) is 3.56. The van der Waals surface area contributed by atoms with Crippen LogP contribution in [0.1, 0.15) is 37.8 Å². The summed E-state index contributed by atoms with van der Waals surface area (Å²) in [5.41, 5.74) is 1.67. The molecule has 2 amide bonds. The van der Waals surface area contributed by atoms with Crippen molar-refractivity contribution in [1.29, 1.82) is 0 Å². The molecule has 6 nitrogen and oxygen atoms in total. The number of pyridine rings is 1. The highest BCUT2D eigenvalue weighted by Gasteiger charge is 2.52. The predicted octanol–water partition coefficient (Wildman–Crippen LogP) is 3.61. The van der Waals surface area contributed by atoms with E-state index in [2.05, 4.69) is 24.1 Å². The average Bonchev–Trinajstić information content (AvgIpc) is 2.62. The average molecular weight is 402 g/mol. The Kier molecular flexibility index (Phi) is 5.61. The number of carbonyl (C=O) groups is 2. The Morgan fingerprint density at radius 3 is 2.57 bits per heavy atom. The summed E-state index contributed by atoms with van der Waals surface area (Å²) < 4.78 is 5.31. The first-order valence-electron chi connectivity index (χ1n) is 9.14. The third-order valence-corrected chi connectivity index (χ3v) is 5.41. The van der Waals surface area contributed by atoms with E-state index >= 15 is 0 Å². The lowest BCUT2D eigenvalue weighted by atomic mass is 9.69. The molecule has 1 N–H and O–H groups in total. The molecule has 0 saturated carbocycles. The zero-order valence-corrected chi connectivity index (χ0v) is 17.2. The summed E-state index contributed by atoms with van der Waals surface area (Å²) in [5.74, 6) is 0.444. The number of halogens is 1. The van der Waals surface area contributed by atoms with E-state index in [1.165, 1.54) is 20.2 Å². The molecule has 0 radical (unpaired) electrons. The van der Waals surface area contributed by atoms with Crippen LogP contribution in [-0.4, -0.2) is 41.9 Å². The quantitative estimate of drug-likeness (QED) is 0.777. The maximum Gasteiger partial charge on any atom is 0.238 e. The number of ether oxygens (including phenoxy) is 1. The Morgan fingerprint density at radius 2 is 1.96 bits per heavy atom. The first-order valence-corrected chi connectivity index (χ1v) is 9.52. The van der Waals surface area contributed by atoms with Crippen molar-refractivity contribution in [3.63, 3.8) is 0 Å². The van der Waals surface area contributed by atoms with Gasteiger partial charge in [0, 0.05) is 26.1 Å². The van der Waals surface area contributed by atoms with Gasteiger partial charge in [-0.05, 0) is 17.0 Å². The number of nitrogens with one attached hydrogen (secondary N) is 1. The molecule has 1 aromatic carbocycles. The maximum atomic E-state index is 13.4. The molecule has 0 spiro atoms. The number of likely N-dealkylation sites (tertiary alicyclic amines) is 1. The first-order chi connectivity index (χ1) is 13.3. The Morgan fingerprint density at radius 1 is 1.29 bits per heavy atom. The number of benzene rings is 1. The van der Waals surface area contributed by atoms with Crippen molar-refractivity contribution >= 4 is 29.1 Å². The molecular formula is C21H24ClN3O3. The molecule has 148 valence electrons. The van der Waals surface area contributed by atoms with Gasteiger partial charge in [-0.1, -0.05) is 49.7 Å². The van der Waals surface area contributed by atoms with Crippen LogP contribution >= 0.6 is 11.6 Å². The lowest BCUT2D eigenvalue weighted by Gasteiger charge is -2.49. The van der Waals surface area contributed by atoms with E-state index in [-0.39, 0.29) is 22.9 Å². The number of amides is 2.